The van der Waals surface area contributed by atoms with Crippen molar-refractivity contribution in [1.82, 2.24) is 4.72 Å². The lowest BCUT2D eigenvalue weighted by atomic mass is 9.94. The van der Waals surface area contributed by atoms with E-state index in [9.17, 15) is 13.5 Å². The van der Waals surface area contributed by atoms with Crippen molar-refractivity contribution in [2.45, 2.75) is 52.0 Å². The predicted octanol–water partition coefficient (Wildman–Crippen LogP) is 5.08. The molecule has 1 unspecified atom stereocenters. The van der Waals surface area contributed by atoms with Gasteiger partial charge in [0, 0.05) is 6.54 Å². The highest BCUT2D eigenvalue weighted by Gasteiger charge is 2.29. The number of hydrogen-bond acceptors (Lipinski definition) is 3. The Bertz CT molecular complexity index is 1170. The number of nitrogens with one attached hydrogen (secondary N) is 1. The highest BCUT2D eigenvalue weighted by atomic mass is 32.2. The van der Waals surface area contributed by atoms with E-state index in [1.165, 1.54) is 0 Å². The third-order valence-corrected chi connectivity index (χ3v) is 8.09. The van der Waals surface area contributed by atoms with Gasteiger partial charge in [0.2, 0.25) is 10.0 Å². The van der Waals surface area contributed by atoms with Gasteiger partial charge >= 0.3 is 0 Å². The fourth-order valence-electron chi connectivity index (χ4n) is 3.93. The van der Waals surface area contributed by atoms with Crippen LogP contribution in [0.1, 0.15) is 40.3 Å². The van der Waals surface area contributed by atoms with Crippen LogP contribution in [0.5, 0.6) is 0 Å². The molecule has 0 saturated heterocycles. The third kappa shape index (κ3) is 4.59. The monoisotopic (exact) mass is 437 g/mol. The van der Waals surface area contributed by atoms with Gasteiger partial charge in [0.05, 0.1) is 4.90 Å². The average molecular weight is 438 g/mol. The molecule has 0 heterocycles. The van der Waals surface area contributed by atoms with E-state index in [2.05, 4.69) is 4.72 Å². The van der Waals surface area contributed by atoms with E-state index in [1.54, 1.807) is 6.92 Å². The Hall–Kier alpha value is -2.47. The Morgan fingerprint density at radius 2 is 1.19 bits per heavy atom. The zero-order valence-corrected chi connectivity index (χ0v) is 19.9. The van der Waals surface area contributed by atoms with Crippen molar-refractivity contribution >= 4 is 10.0 Å². The molecule has 0 spiro atoms. The number of aliphatic hydroxyl groups is 1. The van der Waals surface area contributed by atoms with E-state index in [-0.39, 0.29) is 6.54 Å². The smallest absolute Gasteiger partial charge is 0.241 e. The van der Waals surface area contributed by atoms with Crippen LogP contribution < -0.4 is 4.72 Å². The maximum absolute atomic E-state index is 13.2. The van der Waals surface area contributed by atoms with Crippen LogP contribution in [0, 0.1) is 34.6 Å². The molecule has 1 atom stereocenters. The van der Waals surface area contributed by atoms with Gasteiger partial charge in [-0.1, -0.05) is 54.6 Å². The summed E-state index contributed by atoms with van der Waals surface area (Å²) >= 11 is 0. The summed E-state index contributed by atoms with van der Waals surface area (Å²) in [6.45, 7) is 11.1. The maximum atomic E-state index is 13.2. The van der Waals surface area contributed by atoms with Crippen molar-refractivity contribution in [1.29, 1.82) is 0 Å². The molecule has 0 fully saturated rings. The minimum absolute atomic E-state index is 0.120. The van der Waals surface area contributed by atoms with Gasteiger partial charge in [-0.05, 0) is 86.1 Å². The third-order valence-electron chi connectivity index (χ3n) is 6.42. The van der Waals surface area contributed by atoms with Crippen LogP contribution in [0.3, 0.4) is 0 Å². The quantitative estimate of drug-likeness (QED) is 0.565. The minimum Gasteiger partial charge on any atom is -0.384 e. The Morgan fingerprint density at radius 3 is 1.71 bits per heavy atom. The van der Waals surface area contributed by atoms with E-state index in [0.29, 0.717) is 10.5 Å². The first-order chi connectivity index (χ1) is 14.5. The molecule has 2 N–H and O–H groups in total. The normalized spacial score (nSPS) is 13.8. The first-order valence-corrected chi connectivity index (χ1v) is 11.9. The van der Waals surface area contributed by atoms with Crippen molar-refractivity contribution in [3.8, 4) is 11.1 Å². The predicted molar refractivity (Wildman–Crippen MR) is 127 cm³/mol. The largest absolute Gasteiger partial charge is 0.384 e. The molecule has 0 aliphatic carbocycles. The van der Waals surface area contributed by atoms with Crippen molar-refractivity contribution in [2.24, 2.45) is 0 Å². The standard InChI is InChI=1S/C26H31NO3S/c1-17-18(2)20(4)25(21(5)19(17)3)31(29,30)27-16-26(6,28)24-14-12-23(13-15-24)22-10-8-7-9-11-22/h7-15,27-28H,16H2,1-6H3. The summed E-state index contributed by atoms with van der Waals surface area (Å²) in [6.07, 6.45) is 0. The van der Waals surface area contributed by atoms with Crippen LogP contribution in [0.15, 0.2) is 59.5 Å². The second kappa shape index (κ2) is 8.58. The van der Waals surface area contributed by atoms with E-state index < -0.39 is 15.6 Å². The lowest BCUT2D eigenvalue weighted by molar-refractivity contribution is 0.0627. The second-order valence-electron chi connectivity index (χ2n) is 8.50. The minimum atomic E-state index is -3.79. The van der Waals surface area contributed by atoms with Crippen molar-refractivity contribution in [3.05, 3.63) is 88.0 Å². The van der Waals surface area contributed by atoms with E-state index in [1.807, 2.05) is 89.2 Å². The summed E-state index contributed by atoms with van der Waals surface area (Å²) in [7, 11) is -3.79. The summed E-state index contributed by atoms with van der Waals surface area (Å²) < 4.78 is 29.0. The zero-order valence-electron chi connectivity index (χ0n) is 19.1. The SMILES string of the molecule is Cc1c(C)c(C)c(S(=O)(=O)NCC(C)(O)c2ccc(-c3ccccc3)cc2)c(C)c1C. The highest BCUT2D eigenvalue weighted by Crippen LogP contribution is 2.30. The van der Waals surface area contributed by atoms with Crippen LogP contribution in [0.25, 0.3) is 11.1 Å². The summed E-state index contributed by atoms with van der Waals surface area (Å²) in [5.74, 6) is 0. The van der Waals surface area contributed by atoms with Gasteiger partial charge in [-0.25, -0.2) is 13.1 Å². The summed E-state index contributed by atoms with van der Waals surface area (Å²) in [5.41, 5.74) is 6.00. The lowest BCUT2D eigenvalue weighted by Crippen LogP contribution is -2.39. The summed E-state index contributed by atoms with van der Waals surface area (Å²) in [5, 5.41) is 11.0. The fraction of sp³-hybridized carbons (Fsp3) is 0.308. The Labute approximate surface area is 186 Å². The van der Waals surface area contributed by atoms with Crippen molar-refractivity contribution in [3.63, 3.8) is 0 Å². The van der Waals surface area contributed by atoms with Crippen LogP contribution in [-0.4, -0.2) is 20.1 Å². The molecule has 0 aliphatic heterocycles. The molecule has 164 valence electrons. The second-order valence-corrected chi connectivity index (χ2v) is 10.2. The molecule has 0 radical (unpaired) electrons. The molecule has 0 aliphatic rings. The molecule has 3 aromatic carbocycles. The molecule has 0 amide bonds. The molecule has 0 bridgehead atoms. The van der Waals surface area contributed by atoms with Gasteiger partial charge in [-0.2, -0.15) is 0 Å². The van der Waals surface area contributed by atoms with Crippen molar-refractivity contribution in [2.75, 3.05) is 6.54 Å². The van der Waals surface area contributed by atoms with Gasteiger partial charge in [-0.3, -0.25) is 0 Å². The van der Waals surface area contributed by atoms with Crippen LogP contribution in [0.2, 0.25) is 0 Å². The summed E-state index contributed by atoms with van der Waals surface area (Å²) in [6, 6.07) is 17.5. The number of rotatable bonds is 6. The number of hydrogen-bond donors (Lipinski definition) is 2. The molecule has 31 heavy (non-hydrogen) atoms. The first-order valence-electron chi connectivity index (χ1n) is 10.4. The van der Waals surface area contributed by atoms with E-state index in [4.69, 9.17) is 0 Å². The van der Waals surface area contributed by atoms with E-state index in [0.717, 1.165) is 38.9 Å². The fourth-order valence-corrected chi connectivity index (χ4v) is 5.66. The van der Waals surface area contributed by atoms with Gasteiger partial charge in [-0.15, -0.1) is 0 Å². The van der Waals surface area contributed by atoms with Gasteiger partial charge in [0.25, 0.3) is 0 Å². The zero-order chi connectivity index (χ0) is 23.0. The van der Waals surface area contributed by atoms with Crippen LogP contribution in [0.4, 0.5) is 0 Å². The molecule has 0 saturated carbocycles. The van der Waals surface area contributed by atoms with E-state index >= 15 is 0 Å². The van der Waals surface area contributed by atoms with Gasteiger partial charge < -0.3 is 5.11 Å². The molecule has 0 aromatic heterocycles. The topological polar surface area (TPSA) is 66.4 Å². The summed E-state index contributed by atoms with van der Waals surface area (Å²) in [4.78, 5) is 0.309. The highest BCUT2D eigenvalue weighted by molar-refractivity contribution is 7.89. The molecule has 3 rings (SSSR count). The average Bonchev–Trinajstić information content (AvgIpc) is 2.76. The van der Waals surface area contributed by atoms with Crippen LogP contribution >= 0.6 is 0 Å². The van der Waals surface area contributed by atoms with Crippen LogP contribution in [-0.2, 0) is 15.6 Å². The first kappa shape index (κ1) is 23.2. The maximum Gasteiger partial charge on any atom is 0.241 e. The Morgan fingerprint density at radius 1 is 0.742 bits per heavy atom. The molecule has 3 aromatic rings. The van der Waals surface area contributed by atoms with Gasteiger partial charge in [0.1, 0.15) is 5.60 Å². The molecular weight excluding hydrogens is 406 g/mol. The van der Waals surface area contributed by atoms with Gasteiger partial charge in [0.15, 0.2) is 0 Å². The molecular formula is C26H31NO3S. The Kier molecular flexibility index (Phi) is 6.42. The number of benzene rings is 3. The van der Waals surface area contributed by atoms with Crippen molar-refractivity contribution < 1.29 is 13.5 Å². The molecule has 4 nitrogen and oxygen atoms in total. The number of sulfonamides is 1. The lowest BCUT2D eigenvalue weighted by Gasteiger charge is -2.26. The Balaban J connectivity index is 1.85. The molecule has 5 heteroatoms.